The number of amides is 1. The van der Waals surface area contributed by atoms with Gasteiger partial charge in [-0.3, -0.25) is 4.79 Å². The lowest BCUT2D eigenvalue weighted by Gasteiger charge is -2.12. The first-order valence-electron chi connectivity index (χ1n) is 6.04. The van der Waals surface area contributed by atoms with Crippen molar-refractivity contribution in [3.8, 4) is 0 Å². The predicted molar refractivity (Wildman–Crippen MR) is 72.8 cm³/mol. The van der Waals surface area contributed by atoms with Crippen LogP contribution >= 0.6 is 11.8 Å². The van der Waals surface area contributed by atoms with Gasteiger partial charge in [-0.1, -0.05) is 12.1 Å². The summed E-state index contributed by atoms with van der Waals surface area (Å²) in [4.78, 5) is 12.0. The standard InChI is InChI=1S/C13H16F3NO2S/c1-9(18)6-7-12(19)17-10-4-2-3-5-11(10)20-8-13(14,15)16/h2-5,9,18H,6-8H2,1H3,(H,17,19). The lowest BCUT2D eigenvalue weighted by molar-refractivity contribution is -0.116. The second kappa shape index (κ2) is 7.54. The quantitative estimate of drug-likeness (QED) is 0.792. The maximum atomic E-state index is 12.2. The van der Waals surface area contributed by atoms with Crippen molar-refractivity contribution < 1.29 is 23.1 Å². The Labute approximate surface area is 119 Å². The van der Waals surface area contributed by atoms with Crippen molar-refractivity contribution in [3.63, 3.8) is 0 Å². The molecule has 7 heteroatoms. The Bertz CT molecular complexity index is 449. The van der Waals surface area contributed by atoms with Crippen LogP contribution in [-0.2, 0) is 4.79 Å². The summed E-state index contributed by atoms with van der Waals surface area (Å²) in [5.74, 6) is -1.33. The number of halogens is 3. The van der Waals surface area contributed by atoms with E-state index in [-0.39, 0.29) is 12.3 Å². The van der Waals surface area contributed by atoms with E-state index < -0.39 is 18.0 Å². The largest absolute Gasteiger partial charge is 0.398 e. The number of para-hydroxylation sites is 1. The zero-order chi connectivity index (χ0) is 15.2. The highest BCUT2D eigenvalue weighted by Gasteiger charge is 2.27. The number of rotatable bonds is 6. The number of alkyl halides is 3. The summed E-state index contributed by atoms with van der Waals surface area (Å²) >= 11 is 0.631. The van der Waals surface area contributed by atoms with Gasteiger partial charge in [0.2, 0.25) is 5.91 Å². The number of thioether (sulfide) groups is 1. The molecule has 2 N–H and O–H groups in total. The summed E-state index contributed by atoms with van der Waals surface area (Å²) in [5, 5.41) is 11.7. The molecule has 1 rings (SSSR count). The van der Waals surface area contributed by atoms with Gasteiger partial charge in [-0.05, 0) is 25.5 Å². The van der Waals surface area contributed by atoms with E-state index >= 15 is 0 Å². The van der Waals surface area contributed by atoms with Crippen molar-refractivity contribution in [3.05, 3.63) is 24.3 Å². The van der Waals surface area contributed by atoms with Gasteiger partial charge in [0.25, 0.3) is 0 Å². The van der Waals surface area contributed by atoms with Crippen LogP contribution in [0.1, 0.15) is 19.8 Å². The molecule has 0 radical (unpaired) electrons. The number of anilines is 1. The predicted octanol–water partition coefficient (Wildman–Crippen LogP) is 3.44. The van der Waals surface area contributed by atoms with Crippen molar-refractivity contribution in [1.82, 2.24) is 0 Å². The van der Waals surface area contributed by atoms with Crippen LogP contribution in [0.4, 0.5) is 18.9 Å². The van der Waals surface area contributed by atoms with Gasteiger partial charge in [0.1, 0.15) is 0 Å². The Hall–Kier alpha value is -1.21. The second-order valence-corrected chi connectivity index (χ2v) is 5.35. The number of aliphatic hydroxyl groups is 1. The van der Waals surface area contributed by atoms with Gasteiger partial charge in [-0.2, -0.15) is 13.2 Å². The second-order valence-electron chi connectivity index (χ2n) is 4.34. The molecule has 3 nitrogen and oxygen atoms in total. The minimum Gasteiger partial charge on any atom is -0.393 e. The van der Waals surface area contributed by atoms with Crippen LogP contribution in [0.15, 0.2) is 29.2 Å². The first-order valence-corrected chi connectivity index (χ1v) is 7.03. The molecule has 0 aliphatic rings. The van der Waals surface area contributed by atoms with Crippen molar-refractivity contribution >= 4 is 23.4 Å². The van der Waals surface area contributed by atoms with Crippen LogP contribution in [0.25, 0.3) is 0 Å². The molecule has 112 valence electrons. The van der Waals surface area contributed by atoms with E-state index in [0.29, 0.717) is 28.8 Å². The van der Waals surface area contributed by atoms with Gasteiger partial charge < -0.3 is 10.4 Å². The summed E-state index contributed by atoms with van der Waals surface area (Å²) in [6, 6.07) is 6.34. The summed E-state index contributed by atoms with van der Waals surface area (Å²) in [6.45, 7) is 1.57. The normalized spacial score (nSPS) is 13.1. The third kappa shape index (κ3) is 6.81. The molecule has 1 aromatic rings. The fourth-order valence-corrected chi connectivity index (χ4v) is 2.18. The highest BCUT2D eigenvalue weighted by molar-refractivity contribution is 7.99. The third-order valence-electron chi connectivity index (χ3n) is 2.34. The molecule has 0 fully saturated rings. The van der Waals surface area contributed by atoms with Crippen LogP contribution in [-0.4, -0.2) is 29.0 Å². The van der Waals surface area contributed by atoms with Crippen LogP contribution in [0, 0.1) is 0 Å². The lowest BCUT2D eigenvalue weighted by Crippen LogP contribution is -2.15. The molecule has 0 spiro atoms. The van der Waals surface area contributed by atoms with Crippen molar-refractivity contribution in [1.29, 1.82) is 0 Å². The minimum atomic E-state index is -4.26. The summed E-state index contributed by atoms with van der Waals surface area (Å²) in [7, 11) is 0. The number of aliphatic hydroxyl groups excluding tert-OH is 1. The fraction of sp³-hybridized carbons (Fsp3) is 0.462. The molecule has 0 saturated carbocycles. The van der Waals surface area contributed by atoms with Gasteiger partial charge in [0.05, 0.1) is 17.5 Å². The molecule has 1 atom stereocenters. The molecule has 1 aromatic carbocycles. The molecule has 0 aliphatic carbocycles. The molecule has 0 saturated heterocycles. The molecule has 0 bridgehead atoms. The van der Waals surface area contributed by atoms with E-state index in [1.807, 2.05) is 0 Å². The van der Waals surface area contributed by atoms with E-state index in [2.05, 4.69) is 5.32 Å². The molecule has 0 heterocycles. The van der Waals surface area contributed by atoms with Crippen molar-refractivity contribution in [2.75, 3.05) is 11.1 Å². The fourth-order valence-electron chi connectivity index (χ4n) is 1.41. The number of hydrogen-bond donors (Lipinski definition) is 2. The average molecular weight is 307 g/mol. The Morgan fingerprint density at radius 1 is 1.40 bits per heavy atom. The van der Waals surface area contributed by atoms with E-state index in [1.165, 1.54) is 6.07 Å². The average Bonchev–Trinajstić information content (AvgIpc) is 2.34. The highest BCUT2D eigenvalue weighted by Crippen LogP contribution is 2.32. The number of carbonyl (C=O) groups is 1. The Balaban J connectivity index is 2.63. The number of benzene rings is 1. The maximum absolute atomic E-state index is 12.2. The van der Waals surface area contributed by atoms with Gasteiger partial charge in [-0.15, -0.1) is 11.8 Å². The summed E-state index contributed by atoms with van der Waals surface area (Å²) in [5.41, 5.74) is 0.359. The van der Waals surface area contributed by atoms with Gasteiger partial charge in [-0.25, -0.2) is 0 Å². The van der Waals surface area contributed by atoms with E-state index in [4.69, 9.17) is 5.11 Å². The van der Waals surface area contributed by atoms with Crippen LogP contribution in [0.2, 0.25) is 0 Å². The van der Waals surface area contributed by atoms with E-state index in [1.54, 1.807) is 25.1 Å². The highest BCUT2D eigenvalue weighted by atomic mass is 32.2. The van der Waals surface area contributed by atoms with Gasteiger partial charge in [0.15, 0.2) is 0 Å². The van der Waals surface area contributed by atoms with Crippen LogP contribution < -0.4 is 5.32 Å². The smallest absolute Gasteiger partial charge is 0.393 e. The SMILES string of the molecule is CC(O)CCC(=O)Nc1ccccc1SCC(F)(F)F. The topological polar surface area (TPSA) is 49.3 Å². The van der Waals surface area contributed by atoms with E-state index in [9.17, 15) is 18.0 Å². The Morgan fingerprint density at radius 2 is 2.05 bits per heavy atom. The zero-order valence-electron chi connectivity index (χ0n) is 10.9. The molecule has 0 aliphatic heterocycles. The van der Waals surface area contributed by atoms with Crippen molar-refractivity contribution in [2.24, 2.45) is 0 Å². The van der Waals surface area contributed by atoms with Crippen molar-refractivity contribution in [2.45, 2.75) is 36.9 Å². The summed E-state index contributed by atoms with van der Waals surface area (Å²) < 4.78 is 36.6. The zero-order valence-corrected chi connectivity index (χ0v) is 11.7. The molecule has 1 unspecified atom stereocenters. The third-order valence-corrected chi connectivity index (χ3v) is 3.48. The lowest BCUT2D eigenvalue weighted by atomic mass is 10.2. The molecule has 20 heavy (non-hydrogen) atoms. The monoisotopic (exact) mass is 307 g/mol. The Kier molecular flexibility index (Phi) is 6.35. The van der Waals surface area contributed by atoms with Crippen LogP contribution in [0.3, 0.4) is 0 Å². The van der Waals surface area contributed by atoms with Gasteiger partial charge >= 0.3 is 6.18 Å². The first-order chi connectivity index (χ1) is 9.28. The summed E-state index contributed by atoms with van der Waals surface area (Å²) in [6.07, 6.45) is -4.41. The maximum Gasteiger partial charge on any atom is 0.398 e. The number of carbonyl (C=O) groups excluding carboxylic acids is 1. The van der Waals surface area contributed by atoms with E-state index in [0.717, 1.165) is 0 Å². The minimum absolute atomic E-state index is 0.121. The van der Waals surface area contributed by atoms with Crippen LogP contribution in [0.5, 0.6) is 0 Å². The number of hydrogen-bond acceptors (Lipinski definition) is 3. The first kappa shape index (κ1) is 16.8. The number of nitrogens with one attached hydrogen (secondary N) is 1. The molecule has 1 amide bonds. The molecular formula is C13H16F3NO2S. The Morgan fingerprint density at radius 3 is 2.65 bits per heavy atom. The molecule has 0 aromatic heterocycles. The molecular weight excluding hydrogens is 291 g/mol. The van der Waals surface area contributed by atoms with Gasteiger partial charge in [0, 0.05) is 11.3 Å².